The van der Waals surface area contributed by atoms with Gasteiger partial charge in [-0.15, -0.1) is 0 Å². The average molecular weight is 303 g/mol. The average Bonchev–Trinajstić information content (AvgIpc) is 2.82. The molecule has 7 nitrogen and oxygen atoms in total. The van der Waals surface area contributed by atoms with Gasteiger partial charge < -0.3 is 15.5 Å². The van der Waals surface area contributed by atoms with Gasteiger partial charge in [0, 0.05) is 5.39 Å². The van der Waals surface area contributed by atoms with Crippen LogP contribution in [0.15, 0.2) is 35.3 Å². The molecule has 7 heteroatoms. The van der Waals surface area contributed by atoms with Gasteiger partial charge in [0.1, 0.15) is 6.54 Å². The largest absolute Gasteiger partial charge is 0.390 e. The van der Waals surface area contributed by atoms with E-state index >= 15 is 0 Å². The van der Waals surface area contributed by atoms with E-state index in [1.807, 2.05) is 6.07 Å². The predicted octanol–water partition coefficient (Wildman–Crippen LogP) is -0.603. The quantitative estimate of drug-likeness (QED) is 0.702. The molecule has 1 fully saturated rings. The van der Waals surface area contributed by atoms with Crippen molar-refractivity contribution >= 4 is 16.7 Å². The fraction of sp³-hybridized carbons (Fsp3) is 0.400. The first-order valence-corrected chi connectivity index (χ1v) is 7.16. The molecule has 3 atom stereocenters. The number of aromatic nitrogens is 2. The van der Waals surface area contributed by atoms with Crippen molar-refractivity contribution in [2.24, 2.45) is 0 Å². The van der Waals surface area contributed by atoms with Crippen molar-refractivity contribution in [2.75, 3.05) is 0 Å². The van der Waals surface area contributed by atoms with Crippen molar-refractivity contribution in [2.45, 2.75) is 37.6 Å². The van der Waals surface area contributed by atoms with Crippen LogP contribution in [0.2, 0.25) is 0 Å². The third-order valence-corrected chi connectivity index (χ3v) is 3.98. The Morgan fingerprint density at radius 2 is 2.09 bits per heavy atom. The molecule has 1 heterocycles. The number of hydrogen-bond acceptors (Lipinski definition) is 5. The van der Waals surface area contributed by atoms with Crippen LogP contribution in [0.5, 0.6) is 0 Å². The molecule has 0 radical (unpaired) electrons. The number of nitrogens with zero attached hydrogens (tertiary/aromatic N) is 2. The lowest BCUT2D eigenvalue weighted by atomic mass is 10.2. The van der Waals surface area contributed by atoms with Crippen molar-refractivity contribution in [1.29, 1.82) is 0 Å². The number of aliphatic hydroxyl groups excluding tert-OH is 2. The second-order valence-electron chi connectivity index (χ2n) is 5.50. The minimum absolute atomic E-state index is 0.219. The number of aliphatic hydroxyl groups is 2. The zero-order valence-electron chi connectivity index (χ0n) is 11.8. The third kappa shape index (κ3) is 2.72. The first kappa shape index (κ1) is 14.7. The molecule has 3 N–H and O–H groups in total. The maximum Gasteiger partial charge on any atom is 0.275 e. The zero-order valence-corrected chi connectivity index (χ0v) is 11.8. The van der Waals surface area contributed by atoms with Gasteiger partial charge in [-0.1, -0.05) is 18.2 Å². The first-order valence-electron chi connectivity index (χ1n) is 7.16. The van der Waals surface area contributed by atoms with E-state index in [2.05, 4.69) is 10.4 Å². The van der Waals surface area contributed by atoms with Gasteiger partial charge in [-0.05, 0) is 18.9 Å². The summed E-state index contributed by atoms with van der Waals surface area (Å²) in [6.45, 7) is -0.219. The summed E-state index contributed by atoms with van der Waals surface area (Å²) in [5.41, 5.74) is -0.333. The smallest absolute Gasteiger partial charge is 0.275 e. The molecule has 0 aliphatic heterocycles. The van der Waals surface area contributed by atoms with Crippen LogP contribution in [0, 0.1) is 0 Å². The molecular weight excluding hydrogens is 286 g/mol. The van der Waals surface area contributed by atoms with Gasteiger partial charge in [-0.3, -0.25) is 9.59 Å². The van der Waals surface area contributed by atoms with Crippen LogP contribution >= 0.6 is 0 Å². The van der Waals surface area contributed by atoms with Gasteiger partial charge in [-0.25, -0.2) is 4.68 Å². The predicted molar refractivity (Wildman–Crippen MR) is 79.2 cm³/mol. The van der Waals surface area contributed by atoms with E-state index in [0.717, 1.165) is 10.1 Å². The molecule has 1 aliphatic rings. The van der Waals surface area contributed by atoms with Crippen LogP contribution in [-0.4, -0.2) is 44.2 Å². The second-order valence-corrected chi connectivity index (χ2v) is 5.50. The highest BCUT2D eigenvalue weighted by Gasteiger charge is 2.34. The fourth-order valence-corrected chi connectivity index (χ4v) is 2.75. The third-order valence-electron chi connectivity index (χ3n) is 3.98. The van der Waals surface area contributed by atoms with Crippen molar-refractivity contribution in [3.63, 3.8) is 0 Å². The zero-order chi connectivity index (χ0) is 15.7. The number of nitrogens with one attached hydrogen (secondary N) is 1. The molecule has 22 heavy (non-hydrogen) atoms. The molecule has 1 aromatic carbocycles. The van der Waals surface area contributed by atoms with Gasteiger partial charge in [0.25, 0.3) is 5.56 Å². The molecule has 1 aliphatic carbocycles. The van der Waals surface area contributed by atoms with Crippen LogP contribution in [0.4, 0.5) is 0 Å². The van der Waals surface area contributed by atoms with Crippen molar-refractivity contribution < 1.29 is 15.0 Å². The van der Waals surface area contributed by atoms with E-state index in [1.54, 1.807) is 18.2 Å². The Kier molecular flexibility index (Phi) is 3.91. The highest BCUT2D eigenvalue weighted by Crippen LogP contribution is 2.19. The number of rotatable bonds is 3. The highest BCUT2D eigenvalue weighted by molar-refractivity contribution is 5.81. The van der Waals surface area contributed by atoms with E-state index in [0.29, 0.717) is 18.2 Å². The number of carbonyl (C=O) groups excluding carboxylic acids is 1. The summed E-state index contributed by atoms with van der Waals surface area (Å²) in [6, 6.07) is 6.55. The second kappa shape index (κ2) is 5.86. The molecular formula is C15H17N3O4. The van der Waals surface area contributed by atoms with Crippen molar-refractivity contribution in [1.82, 2.24) is 15.1 Å². The SMILES string of the molecule is O=C(Cn1ncc2ccccc2c1=O)N[C@@H]1CC[C@@H](O)[C@@H]1O. The Labute approximate surface area is 126 Å². The maximum absolute atomic E-state index is 12.2. The summed E-state index contributed by atoms with van der Waals surface area (Å²) in [5.74, 6) is -0.414. The van der Waals surface area contributed by atoms with Crippen LogP contribution in [0.25, 0.3) is 10.8 Å². The Bertz CT molecular complexity index is 758. The van der Waals surface area contributed by atoms with E-state index in [9.17, 15) is 19.8 Å². The lowest BCUT2D eigenvalue weighted by Gasteiger charge is -2.18. The molecule has 1 amide bonds. The maximum atomic E-state index is 12.2. The van der Waals surface area contributed by atoms with Gasteiger partial charge in [0.15, 0.2) is 0 Å². The standard InChI is InChI=1S/C15H17N3O4/c19-12-6-5-11(14(12)21)17-13(20)8-18-15(22)10-4-2-1-3-9(10)7-16-18/h1-4,7,11-12,14,19,21H,5-6,8H2,(H,17,20)/t11-,12-,14-/m1/s1. The van der Waals surface area contributed by atoms with Crippen LogP contribution < -0.4 is 10.9 Å². The van der Waals surface area contributed by atoms with Gasteiger partial charge in [0.2, 0.25) is 5.91 Å². The van der Waals surface area contributed by atoms with Crippen LogP contribution in [0.1, 0.15) is 12.8 Å². The highest BCUT2D eigenvalue weighted by atomic mass is 16.3. The van der Waals surface area contributed by atoms with E-state index in [-0.39, 0.29) is 12.1 Å². The Hall–Kier alpha value is -2.25. The summed E-state index contributed by atoms with van der Waals surface area (Å²) in [4.78, 5) is 24.3. The Morgan fingerprint density at radius 3 is 2.82 bits per heavy atom. The summed E-state index contributed by atoms with van der Waals surface area (Å²) in [5, 5.41) is 27.0. The number of benzene rings is 1. The van der Waals surface area contributed by atoms with Gasteiger partial charge >= 0.3 is 0 Å². The normalized spacial score (nSPS) is 24.5. The topological polar surface area (TPSA) is 104 Å². The summed E-state index contributed by atoms with van der Waals surface area (Å²) in [7, 11) is 0. The molecule has 116 valence electrons. The van der Waals surface area contributed by atoms with E-state index in [4.69, 9.17) is 0 Å². The number of hydrogen-bond donors (Lipinski definition) is 3. The Balaban J connectivity index is 1.74. The molecule has 3 rings (SSSR count). The van der Waals surface area contributed by atoms with E-state index < -0.39 is 24.2 Å². The monoisotopic (exact) mass is 303 g/mol. The molecule has 0 spiro atoms. The van der Waals surface area contributed by atoms with Crippen LogP contribution in [-0.2, 0) is 11.3 Å². The van der Waals surface area contributed by atoms with Gasteiger partial charge in [0.05, 0.1) is 29.8 Å². The fourth-order valence-electron chi connectivity index (χ4n) is 2.75. The molecule has 1 aromatic heterocycles. The molecule has 1 saturated carbocycles. The number of amides is 1. The molecule has 2 aromatic rings. The van der Waals surface area contributed by atoms with Gasteiger partial charge in [-0.2, -0.15) is 5.10 Å². The van der Waals surface area contributed by atoms with E-state index in [1.165, 1.54) is 6.20 Å². The summed E-state index contributed by atoms with van der Waals surface area (Å²) in [6.07, 6.45) is 0.712. The summed E-state index contributed by atoms with van der Waals surface area (Å²) < 4.78 is 1.09. The Morgan fingerprint density at radius 1 is 1.32 bits per heavy atom. The van der Waals surface area contributed by atoms with Crippen LogP contribution in [0.3, 0.4) is 0 Å². The number of fused-ring (bicyclic) bond motifs is 1. The van der Waals surface area contributed by atoms with Crippen molar-refractivity contribution in [3.05, 3.63) is 40.8 Å². The first-order chi connectivity index (χ1) is 10.6. The minimum atomic E-state index is -0.967. The molecule has 0 bridgehead atoms. The minimum Gasteiger partial charge on any atom is -0.390 e. The molecule has 0 unspecified atom stereocenters. The van der Waals surface area contributed by atoms with Crippen molar-refractivity contribution in [3.8, 4) is 0 Å². The number of carbonyl (C=O) groups is 1. The lowest BCUT2D eigenvalue weighted by Crippen LogP contribution is -2.45. The lowest BCUT2D eigenvalue weighted by molar-refractivity contribution is -0.123. The summed E-state index contributed by atoms with van der Waals surface area (Å²) >= 11 is 0. The molecule has 0 saturated heterocycles.